The van der Waals surface area contributed by atoms with E-state index in [1.165, 1.54) is 22.6 Å². The van der Waals surface area contributed by atoms with E-state index in [0.717, 1.165) is 5.56 Å². The molecule has 3 heterocycles. The van der Waals surface area contributed by atoms with Crippen molar-refractivity contribution in [3.63, 3.8) is 0 Å². The average Bonchev–Trinajstić information content (AvgIpc) is 2.66. The molecule has 6 nitrogen and oxygen atoms in total. The fraction of sp³-hybridized carbons (Fsp3) is 0.0526. The van der Waals surface area contributed by atoms with Gasteiger partial charge in [-0.15, -0.1) is 0 Å². The van der Waals surface area contributed by atoms with Crippen molar-refractivity contribution in [1.29, 1.82) is 5.26 Å². The maximum absolute atomic E-state index is 13.2. The quantitative estimate of drug-likeness (QED) is 0.443. The summed E-state index contributed by atoms with van der Waals surface area (Å²) in [4.78, 5) is 17.4. The smallest absolute Gasteiger partial charge is 0.278 e. The number of fused-ring (bicyclic) bond motifs is 2. The van der Waals surface area contributed by atoms with Crippen molar-refractivity contribution in [2.45, 2.75) is 6.54 Å². The highest BCUT2D eigenvalue weighted by Crippen LogP contribution is 2.14. The van der Waals surface area contributed by atoms with Gasteiger partial charge in [-0.25, -0.2) is 8.96 Å². The molecular weight excluding hydrogens is 333 g/mol. The topological polar surface area (TPSA) is 88.1 Å². The van der Waals surface area contributed by atoms with E-state index in [9.17, 15) is 14.4 Å². The van der Waals surface area contributed by atoms with Gasteiger partial charge in [0, 0.05) is 6.20 Å². The maximum atomic E-state index is 13.2. The van der Waals surface area contributed by atoms with Crippen LogP contribution in [0.25, 0.3) is 16.7 Å². The van der Waals surface area contributed by atoms with E-state index >= 15 is 0 Å². The molecule has 0 fully saturated rings. The van der Waals surface area contributed by atoms with E-state index in [4.69, 9.17) is 5.73 Å². The van der Waals surface area contributed by atoms with Gasteiger partial charge in [-0.05, 0) is 35.9 Å². The average molecular weight is 346 g/mol. The number of nitrogens with zero attached hydrogens (tertiary/aromatic N) is 4. The molecule has 0 saturated carbocycles. The molecule has 0 aliphatic carbocycles. The highest BCUT2D eigenvalue weighted by Gasteiger charge is 2.21. The third kappa shape index (κ3) is 2.45. The van der Waals surface area contributed by atoms with Crippen LogP contribution in [0.5, 0.6) is 0 Å². The van der Waals surface area contributed by atoms with Gasteiger partial charge in [0.25, 0.3) is 11.2 Å². The van der Waals surface area contributed by atoms with Crippen LogP contribution in [0.1, 0.15) is 11.1 Å². The first kappa shape index (κ1) is 15.7. The van der Waals surface area contributed by atoms with Gasteiger partial charge in [0.2, 0.25) is 11.5 Å². The number of nitriles is 1. The van der Waals surface area contributed by atoms with Gasteiger partial charge in [0.05, 0.1) is 6.54 Å². The number of nitrogen functional groups attached to an aromatic ring is 1. The molecule has 0 saturated heterocycles. The molecule has 0 unspecified atom stereocenters. The van der Waals surface area contributed by atoms with Gasteiger partial charge in [0.15, 0.2) is 0 Å². The molecule has 4 rings (SSSR count). The molecule has 3 aromatic heterocycles. The lowest BCUT2D eigenvalue weighted by molar-refractivity contribution is -0.649. The number of hydrogen-bond acceptors (Lipinski definition) is 4. The molecule has 4 aromatic rings. The minimum absolute atomic E-state index is 0.189. The normalized spacial score (nSPS) is 10.9. The molecule has 0 radical (unpaired) electrons. The zero-order chi connectivity index (χ0) is 18.3. The number of nitrogens with two attached hydrogens (primary N) is 1. The number of benzene rings is 1. The van der Waals surface area contributed by atoms with Crippen molar-refractivity contribution in [3.05, 3.63) is 82.0 Å². The zero-order valence-corrected chi connectivity index (χ0v) is 13.6. The second kappa shape index (κ2) is 5.93. The van der Waals surface area contributed by atoms with Crippen LogP contribution in [-0.4, -0.2) is 9.38 Å². The van der Waals surface area contributed by atoms with Crippen molar-refractivity contribution < 1.29 is 8.96 Å². The largest absolute Gasteiger partial charge is 0.317 e. The summed E-state index contributed by atoms with van der Waals surface area (Å²) in [6.45, 7) is 0.258. The summed E-state index contributed by atoms with van der Waals surface area (Å²) in [5.41, 5.74) is 7.68. The second-order valence-electron chi connectivity index (χ2n) is 5.85. The molecule has 1 aromatic carbocycles. The fourth-order valence-corrected chi connectivity index (χ4v) is 2.92. The molecule has 0 aliphatic rings. The third-order valence-corrected chi connectivity index (χ3v) is 4.23. The molecular formula is C19H13FN5O+. The van der Waals surface area contributed by atoms with Gasteiger partial charge in [-0.1, -0.05) is 23.2 Å². The zero-order valence-electron chi connectivity index (χ0n) is 13.6. The molecule has 0 aliphatic heterocycles. The lowest BCUT2D eigenvalue weighted by atomic mass is 10.1. The number of aromatic nitrogens is 3. The monoisotopic (exact) mass is 346 g/mol. The molecule has 0 amide bonds. The van der Waals surface area contributed by atoms with Crippen LogP contribution in [0.3, 0.4) is 0 Å². The lowest BCUT2D eigenvalue weighted by Gasteiger charge is -2.09. The molecule has 0 bridgehead atoms. The summed E-state index contributed by atoms with van der Waals surface area (Å²) in [6.07, 6.45) is 1.62. The first-order valence-electron chi connectivity index (χ1n) is 7.86. The predicted octanol–water partition coefficient (Wildman–Crippen LogP) is 1.78. The van der Waals surface area contributed by atoms with Gasteiger partial charge in [0.1, 0.15) is 22.8 Å². The Morgan fingerprint density at radius 3 is 2.73 bits per heavy atom. The fourth-order valence-electron chi connectivity index (χ4n) is 2.92. The minimum Gasteiger partial charge on any atom is -0.317 e. The van der Waals surface area contributed by atoms with Gasteiger partial charge in [-0.3, -0.25) is 9.20 Å². The lowest BCUT2D eigenvalue weighted by Crippen LogP contribution is -2.41. The first-order chi connectivity index (χ1) is 12.6. The summed E-state index contributed by atoms with van der Waals surface area (Å²) < 4.78 is 16.2. The van der Waals surface area contributed by atoms with Crippen LogP contribution in [0, 0.1) is 17.1 Å². The van der Waals surface area contributed by atoms with E-state index in [0.29, 0.717) is 16.7 Å². The van der Waals surface area contributed by atoms with E-state index < -0.39 is 0 Å². The van der Waals surface area contributed by atoms with E-state index in [1.54, 1.807) is 41.1 Å². The summed E-state index contributed by atoms with van der Waals surface area (Å²) >= 11 is 0. The Hall–Kier alpha value is -3.79. The van der Waals surface area contributed by atoms with Crippen molar-refractivity contribution in [2.24, 2.45) is 0 Å². The number of pyridine rings is 2. The van der Waals surface area contributed by atoms with E-state index in [1.807, 2.05) is 6.07 Å². The van der Waals surface area contributed by atoms with Gasteiger partial charge >= 0.3 is 0 Å². The Morgan fingerprint density at radius 2 is 2.00 bits per heavy atom. The molecule has 2 N–H and O–H groups in total. The Bertz CT molecular complexity index is 1260. The van der Waals surface area contributed by atoms with Gasteiger partial charge in [-0.2, -0.15) is 5.26 Å². The van der Waals surface area contributed by atoms with Crippen LogP contribution >= 0.6 is 0 Å². The Kier molecular flexibility index (Phi) is 3.59. The van der Waals surface area contributed by atoms with E-state index in [2.05, 4.69) is 4.98 Å². The summed E-state index contributed by atoms with van der Waals surface area (Å²) in [7, 11) is 0. The Balaban J connectivity index is 2.06. The van der Waals surface area contributed by atoms with Crippen molar-refractivity contribution in [3.8, 4) is 6.07 Å². The first-order valence-corrected chi connectivity index (χ1v) is 7.86. The SMILES string of the molecule is N#Cc1cc2c(=O)n3ccccc3nc2[n+](Cc2ccc(F)cc2)c1N. The number of hydrogen-bond donors (Lipinski definition) is 1. The van der Waals surface area contributed by atoms with Crippen LogP contribution in [0.2, 0.25) is 0 Å². The Labute approximate surface area is 147 Å². The van der Waals surface area contributed by atoms with E-state index in [-0.39, 0.29) is 29.3 Å². The maximum Gasteiger partial charge on any atom is 0.278 e. The number of halogens is 1. The molecule has 0 atom stereocenters. The number of rotatable bonds is 2. The van der Waals surface area contributed by atoms with Crippen molar-refractivity contribution >= 4 is 22.5 Å². The molecule has 26 heavy (non-hydrogen) atoms. The minimum atomic E-state index is -0.343. The molecule has 126 valence electrons. The summed E-state index contributed by atoms with van der Waals surface area (Å²) in [5.74, 6) is -0.138. The predicted molar refractivity (Wildman–Crippen MR) is 93.8 cm³/mol. The highest BCUT2D eigenvalue weighted by atomic mass is 19.1. The second-order valence-corrected chi connectivity index (χ2v) is 5.85. The van der Waals surface area contributed by atoms with Crippen LogP contribution in [0.4, 0.5) is 10.2 Å². The van der Waals surface area contributed by atoms with Crippen LogP contribution in [0.15, 0.2) is 59.5 Å². The third-order valence-electron chi connectivity index (χ3n) is 4.23. The molecule has 7 heteroatoms. The summed E-state index contributed by atoms with van der Waals surface area (Å²) in [5, 5.41) is 9.68. The summed E-state index contributed by atoms with van der Waals surface area (Å²) in [6, 6.07) is 14.7. The van der Waals surface area contributed by atoms with Gasteiger partial charge < -0.3 is 5.73 Å². The number of anilines is 1. The van der Waals surface area contributed by atoms with Crippen LogP contribution < -0.4 is 15.9 Å². The Morgan fingerprint density at radius 1 is 1.23 bits per heavy atom. The highest BCUT2D eigenvalue weighted by molar-refractivity contribution is 5.76. The van der Waals surface area contributed by atoms with Crippen molar-refractivity contribution in [2.75, 3.05) is 5.73 Å². The molecule has 0 spiro atoms. The van der Waals surface area contributed by atoms with Crippen molar-refractivity contribution in [1.82, 2.24) is 9.38 Å². The standard InChI is InChI=1S/C19H12FN5O/c20-14-6-4-12(5-7-14)11-25-17(22)13(10-21)9-15-18(25)23-16-3-1-2-8-24(16)19(15)26/h1-9,22H,11H2/p+1. The van der Waals surface area contributed by atoms with Crippen LogP contribution in [-0.2, 0) is 6.54 Å².